The molecule has 1 heterocycles. The predicted octanol–water partition coefficient (Wildman–Crippen LogP) is 2.42. The Balaban J connectivity index is 2.56. The van der Waals surface area contributed by atoms with Crippen LogP contribution in [0.4, 0.5) is 0 Å². The standard InChI is InChI=1S/C11H16Cl2N2O/c1-16-7-6-15(5-3-12)9-10-2-4-14-8-11(10)13/h2,4,8H,3,5-7,9H2,1H3. The Labute approximate surface area is 106 Å². The van der Waals surface area contributed by atoms with E-state index in [4.69, 9.17) is 27.9 Å². The van der Waals surface area contributed by atoms with Crippen LogP contribution < -0.4 is 0 Å². The maximum Gasteiger partial charge on any atom is 0.0634 e. The van der Waals surface area contributed by atoms with E-state index < -0.39 is 0 Å². The number of halogens is 2. The summed E-state index contributed by atoms with van der Waals surface area (Å²) in [4.78, 5) is 6.17. The molecule has 3 nitrogen and oxygen atoms in total. The quantitative estimate of drug-likeness (QED) is 0.706. The van der Waals surface area contributed by atoms with Crippen LogP contribution in [-0.4, -0.2) is 42.6 Å². The minimum Gasteiger partial charge on any atom is -0.383 e. The summed E-state index contributed by atoms with van der Waals surface area (Å²) in [5.74, 6) is 0.604. The number of nitrogens with zero attached hydrogens (tertiary/aromatic N) is 2. The minimum atomic E-state index is 0.604. The summed E-state index contributed by atoms with van der Waals surface area (Å²) in [6, 6.07) is 1.93. The van der Waals surface area contributed by atoms with Crippen LogP contribution in [0.5, 0.6) is 0 Å². The van der Waals surface area contributed by atoms with E-state index in [1.54, 1.807) is 19.5 Å². The predicted molar refractivity (Wildman–Crippen MR) is 67.1 cm³/mol. The van der Waals surface area contributed by atoms with Crippen molar-refractivity contribution in [2.24, 2.45) is 0 Å². The average molecular weight is 263 g/mol. The van der Waals surface area contributed by atoms with E-state index in [1.165, 1.54) is 0 Å². The summed E-state index contributed by atoms with van der Waals surface area (Å²) < 4.78 is 5.06. The largest absolute Gasteiger partial charge is 0.383 e. The van der Waals surface area contributed by atoms with Crippen LogP contribution in [0.3, 0.4) is 0 Å². The van der Waals surface area contributed by atoms with Crippen molar-refractivity contribution in [2.75, 3.05) is 32.7 Å². The molecule has 0 radical (unpaired) electrons. The molecule has 16 heavy (non-hydrogen) atoms. The Morgan fingerprint density at radius 2 is 2.25 bits per heavy atom. The zero-order valence-corrected chi connectivity index (χ0v) is 10.8. The molecule has 0 aliphatic carbocycles. The average Bonchev–Trinajstić information content (AvgIpc) is 2.29. The van der Waals surface area contributed by atoms with Crippen LogP contribution in [0.15, 0.2) is 18.5 Å². The number of pyridine rings is 1. The Kier molecular flexibility index (Phi) is 6.73. The van der Waals surface area contributed by atoms with Crippen LogP contribution in [0, 0.1) is 0 Å². The molecule has 0 fully saturated rings. The zero-order valence-electron chi connectivity index (χ0n) is 9.33. The summed E-state index contributed by atoms with van der Waals surface area (Å²) in [5, 5.41) is 0.694. The molecule has 1 rings (SSSR count). The van der Waals surface area contributed by atoms with Gasteiger partial charge < -0.3 is 4.74 Å². The van der Waals surface area contributed by atoms with Gasteiger partial charge in [-0.25, -0.2) is 0 Å². The third-order valence-corrected chi connectivity index (χ3v) is 2.77. The van der Waals surface area contributed by atoms with Crippen molar-refractivity contribution in [1.29, 1.82) is 0 Å². The van der Waals surface area contributed by atoms with Gasteiger partial charge in [-0.1, -0.05) is 11.6 Å². The first-order valence-corrected chi connectivity index (χ1v) is 6.04. The van der Waals surface area contributed by atoms with Crippen LogP contribution in [0.25, 0.3) is 0 Å². The lowest BCUT2D eigenvalue weighted by Crippen LogP contribution is -2.29. The Morgan fingerprint density at radius 3 is 2.88 bits per heavy atom. The van der Waals surface area contributed by atoms with Crippen molar-refractivity contribution in [1.82, 2.24) is 9.88 Å². The second-order valence-electron chi connectivity index (χ2n) is 3.43. The van der Waals surface area contributed by atoms with Gasteiger partial charge in [0.05, 0.1) is 11.6 Å². The van der Waals surface area contributed by atoms with Gasteiger partial charge in [-0.15, -0.1) is 11.6 Å². The highest BCUT2D eigenvalue weighted by molar-refractivity contribution is 6.31. The zero-order chi connectivity index (χ0) is 11.8. The first-order chi connectivity index (χ1) is 7.77. The molecule has 1 aromatic rings. The molecule has 0 unspecified atom stereocenters. The molecule has 0 bridgehead atoms. The summed E-state index contributed by atoms with van der Waals surface area (Å²) in [6.45, 7) is 3.14. The normalized spacial score (nSPS) is 11.0. The fourth-order valence-electron chi connectivity index (χ4n) is 1.38. The first kappa shape index (κ1) is 13.7. The molecule has 0 amide bonds. The van der Waals surface area contributed by atoms with Crippen LogP contribution in [-0.2, 0) is 11.3 Å². The summed E-state index contributed by atoms with van der Waals surface area (Å²) in [5.41, 5.74) is 1.07. The molecule has 0 atom stereocenters. The molecule has 0 aliphatic rings. The lowest BCUT2D eigenvalue weighted by atomic mass is 10.2. The third kappa shape index (κ3) is 4.66. The maximum absolute atomic E-state index is 6.05. The van der Waals surface area contributed by atoms with Gasteiger partial charge in [-0.2, -0.15) is 0 Å². The molecule has 90 valence electrons. The van der Waals surface area contributed by atoms with E-state index in [0.717, 1.165) is 25.2 Å². The SMILES string of the molecule is COCCN(CCCl)Cc1ccncc1Cl. The van der Waals surface area contributed by atoms with Gasteiger partial charge in [-0.3, -0.25) is 9.88 Å². The minimum absolute atomic E-state index is 0.604. The van der Waals surface area contributed by atoms with Crippen molar-refractivity contribution in [3.63, 3.8) is 0 Å². The summed E-state index contributed by atoms with van der Waals surface area (Å²) >= 11 is 11.8. The van der Waals surface area contributed by atoms with Crippen molar-refractivity contribution >= 4 is 23.2 Å². The monoisotopic (exact) mass is 262 g/mol. The molecule has 1 aromatic heterocycles. The number of hydrogen-bond acceptors (Lipinski definition) is 3. The molecule has 0 aromatic carbocycles. The molecule has 0 N–H and O–H groups in total. The highest BCUT2D eigenvalue weighted by Gasteiger charge is 2.07. The van der Waals surface area contributed by atoms with Gasteiger partial charge in [0.1, 0.15) is 0 Å². The smallest absolute Gasteiger partial charge is 0.0634 e. The van der Waals surface area contributed by atoms with Crippen LogP contribution in [0.1, 0.15) is 5.56 Å². The van der Waals surface area contributed by atoms with E-state index >= 15 is 0 Å². The van der Waals surface area contributed by atoms with Crippen LogP contribution in [0.2, 0.25) is 5.02 Å². The molecule has 0 aliphatic heterocycles. The number of ether oxygens (including phenoxy) is 1. The van der Waals surface area contributed by atoms with Crippen LogP contribution >= 0.6 is 23.2 Å². The third-order valence-electron chi connectivity index (χ3n) is 2.26. The Bertz CT molecular complexity index is 310. The van der Waals surface area contributed by atoms with Crippen molar-refractivity contribution in [3.8, 4) is 0 Å². The second kappa shape index (κ2) is 7.85. The highest BCUT2D eigenvalue weighted by Crippen LogP contribution is 2.15. The summed E-state index contributed by atoms with van der Waals surface area (Å²) in [6.07, 6.45) is 3.41. The van der Waals surface area contributed by atoms with Crippen molar-refractivity contribution < 1.29 is 4.74 Å². The van der Waals surface area contributed by atoms with E-state index in [0.29, 0.717) is 17.5 Å². The highest BCUT2D eigenvalue weighted by atomic mass is 35.5. The fraction of sp³-hybridized carbons (Fsp3) is 0.545. The lowest BCUT2D eigenvalue weighted by molar-refractivity contribution is 0.148. The fourth-order valence-corrected chi connectivity index (χ4v) is 1.80. The molecule has 5 heteroatoms. The van der Waals surface area contributed by atoms with Gasteiger partial charge in [0.15, 0.2) is 0 Å². The number of rotatable bonds is 7. The number of methoxy groups -OCH3 is 1. The maximum atomic E-state index is 6.05. The molecule has 0 saturated carbocycles. The molecule has 0 saturated heterocycles. The number of hydrogen-bond donors (Lipinski definition) is 0. The van der Waals surface area contributed by atoms with Gasteiger partial charge in [0.25, 0.3) is 0 Å². The number of aromatic nitrogens is 1. The Hall–Kier alpha value is -0.350. The summed E-state index contributed by atoms with van der Waals surface area (Å²) in [7, 11) is 1.69. The topological polar surface area (TPSA) is 25.4 Å². The van der Waals surface area contributed by atoms with Crippen molar-refractivity contribution in [2.45, 2.75) is 6.54 Å². The Morgan fingerprint density at radius 1 is 1.44 bits per heavy atom. The van der Waals surface area contributed by atoms with E-state index in [2.05, 4.69) is 9.88 Å². The van der Waals surface area contributed by atoms with Gasteiger partial charge in [0.2, 0.25) is 0 Å². The van der Waals surface area contributed by atoms with E-state index in [9.17, 15) is 0 Å². The second-order valence-corrected chi connectivity index (χ2v) is 4.21. The van der Waals surface area contributed by atoms with Gasteiger partial charge in [0, 0.05) is 45.0 Å². The first-order valence-electron chi connectivity index (χ1n) is 5.13. The molecular formula is C11H16Cl2N2O. The van der Waals surface area contributed by atoms with E-state index in [1.807, 2.05) is 6.07 Å². The molecular weight excluding hydrogens is 247 g/mol. The van der Waals surface area contributed by atoms with Crippen molar-refractivity contribution in [3.05, 3.63) is 29.0 Å². The van der Waals surface area contributed by atoms with Gasteiger partial charge >= 0.3 is 0 Å². The lowest BCUT2D eigenvalue weighted by Gasteiger charge is -2.21. The van der Waals surface area contributed by atoms with E-state index in [-0.39, 0.29) is 0 Å². The molecule has 0 spiro atoms. The van der Waals surface area contributed by atoms with Gasteiger partial charge in [-0.05, 0) is 11.6 Å². The number of alkyl halides is 1.